The van der Waals surface area contributed by atoms with Crippen LogP contribution in [0.25, 0.3) is 0 Å². The second kappa shape index (κ2) is 10.1. The van der Waals surface area contributed by atoms with Gasteiger partial charge in [0.2, 0.25) is 11.8 Å². The van der Waals surface area contributed by atoms with Crippen molar-refractivity contribution in [3.63, 3.8) is 0 Å². The fourth-order valence-corrected chi connectivity index (χ4v) is 3.38. The van der Waals surface area contributed by atoms with Crippen LogP contribution < -0.4 is 0 Å². The molecule has 0 spiro atoms. The SMILES string of the molecule is COC(=O)CN(C(=O)C1CCN(C(=O)CCc2ccccc2)CC1)C(C)C. The van der Waals surface area contributed by atoms with Gasteiger partial charge in [-0.05, 0) is 38.7 Å². The van der Waals surface area contributed by atoms with Crippen molar-refractivity contribution in [3.05, 3.63) is 35.9 Å². The number of esters is 1. The third-order valence-corrected chi connectivity index (χ3v) is 5.10. The molecule has 27 heavy (non-hydrogen) atoms. The van der Waals surface area contributed by atoms with Gasteiger partial charge >= 0.3 is 5.97 Å². The van der Waals surface area contributed by atoms with Crippen LogP contribution in [0.4, 0.5) is 0 Å². The second-order valence-corrected chi connectivity index (χ2v) is 7.28. The van der Waals surface area contributed by atoms with E-state index >= 15 is 0 Å². The largest absolute Gasteiger partial charge is 0.468 e. The quantitative estimate of drug-likeness (QED) is 0.687. The van der Waals surface area contributed by atoms with Crippen molar-refractivity contribution in [2.45, 2.75) is 45.6 Å². The smallest absolute Gasteiger partial charge is 0.325 e. The number of hydrogen-bond donors (Lipinski definition) is 0. The molecule has 1 aromatic rings. The number of carbonyl (C=O) groups excluding carboxylic acids is 3. The summed E-state index contributed by atoms with van der Waals surface area (Å²) in [6.07, 6.45) is 2.50. The van der Waals surface area contributed by atoms with E-state index in [4.69, 9.17) is 4.74 Å². The number of amides is 2. The Balaban J connectivity index is 1.83. The number of aryl methyl sites for hydroxylation is 1. The Morgan fingerprint density at radius 3 is 2.33 bits per heavy atom. The van der Waals surface area contributed by atoms with Crippen molar-refractivity contribution in [2.24, 2.45) is 5.92 Å². The highest BCUT2D eigenvalue weighted by molar-refractivity contribution is 5.84. The summed E-state index contributed by atoms with van der Waals surface area (Å²) in [5.41, 5.74) is 1.16. The molecule has 0 radical (unpaired) electrons. The van der Waals surface area contributed by atoms with E-state index in [1.54, 1.807) is 4.90 Å². The summed E-state index contributed by atoms with van der Waals surface area (Å²) in [6, 6.07) is 9.91. The molecule has 1 aromatic carbocycles. The summed E-state index contributed by atoms with van der Waals surface area (Å²) in [6.45, 7) is 4.94. The monoisotopic (exact) mass is 374 g/mol. The topological polar surface area (TPSA) is 66.9 Å². The van der Waals surface area contributed by atoms with Crippen LogP contribution in [-0.2, 0) is 25.5 Å². The fraction of sp³-hybridized carbons (Fsp3) is 0.571. The van der Waals surface area contributed by atoms with Gasteiger partial charge in [-0.15, -0.1) is 0 Å². The molecule has 1 fully saturated rings. The van der Waals surface area contributed by atoms with E-state index in [-0.39, 0.29) is 30.3 Å². The van der Waals surface area contributed by atoms with E-state index in [1.807, 2.05) is 49.1 Å². The molecule has 1 saturated heterocycles. The highest BCUT2D eigenvalue weighted by Crippen LogP contribution is 2.21. The number of benzene rings is 1. The van der Waals surface area contributed by atoms with Gasteiger partial charge in [0, 0.05) is 31.5 Å². The number of nitrogens with zero attached hydrogens (tertiary/aromatic N) is 2. The summed E-state index contributed by atoms with van der Waals surface area (Å²) < 4.78 is 4.69. The Labute approximate surface area is 161 Å². The molecule has 1 heterocycles. The number of piperidine rings is 1. The van der Waals surface area contributed by atoms with Crippen molar-refractivity contribution in [3.8, 4) is 0 Å². The van der Waals surface area contributed by atoms with Crippen molar-refractivity contribution >= 4 is 17.8 Å². The summed E-state index contributed by atoms with van der Waals surface area (Å²) in [5.74, 6) is -0.437. The molecule has 2 amide bonds. The lowest BCUT2D eigenvalue weighted by Gasteiger charge is -2.35. The average Bonchev–Trinajstić information content (AvgIpc) is 2.70. The van der Waals surface area contributed by atoms with Crippen LogP contribution >= 0.6 is 0 Å². The molecule has 0 aliphatic carbocycles. The Morgan fingerprint density at radius 1 is 1.15 bits per heavy atom. The number of carbonyl (C=O) groups is 3. The first kappa shape index (κ1) is 20.9. The van der Waals surface area contributed by atoms with Crippen molar-refractivity contribution in [1.82, 2.24) is 9.80 Å². The highest BCUT2D eigenvalue weighted by Gasteiger charge is 2.32. The highest BCUT2D eigenvalue weighted by atomic mass is 16.5. The molecular formula is C21H30N2O4. The average molecular weight is 374 g/mol. The third-order valence-electron chi connectivity index (χ3n) is 5.10. The van der Waals surface area contributed by atoms with Crippen LogP contribution in [0, 0.1) is 5.92 Å². The Hall–Kier alpha value is -2.37. The molecule has 0 N–H and O–H groups in total. The van der Waals surface area contributed by atoms with Crippen molar-refractivity contribution in [1.29, 1.82) is 0 Å². The van der Waals surface area contributed by atoms with Gasteiger partial charge in [-0.1, -0.05) is 30.3 Å². The fourth-order valence-electron chi connectivity index (χ4n) is 3.38. The van der Waals surface area contributed by atoms with E-state index in [2.05, 4.69) is 0 Å². The first-order chi connectivity index (χ1) is 12.9. The summed E-state index contributed by atoms with van der Waals surface area (Å²) >= 11 is 0. The van der Waals surface area contributed by atoms with Gasteiger partial charge in [0.25, 0.3) is 0 Å². The van der Waals surface area contributed by atoms with Gasteiger partial charge in [0.1, 0.15) is 6.54 Å². The molecule has 0 unspecified atom stereocenters. The molecule has 6 nitrogen and oxygen atoms in total. The maximum Gasteiger partial charge on any atom is 0.325 e. The first-order valence-corrected chi connectivity index (χ1v) is 9.61. The number of hydrogen-bond acceptors (Lipinski definition) is 4. The van der Waals surface area contributed by atoms with Crippen molar-refractivity contribution < 1.29 is 19.1 Å². The Morgan fingerprint density at radius 2 is 1.78 bits per heavy atom. The predicted octanol–water partition coefficient (Wildman–Crippen LogP) is 2.27. The minimum absolute atomic E-state index is 0.0215. The summed E-state index contributed by atoms with van der Waals surface area (Å²) in [7, 11) is 1.32. The van der Waals surface area contributed by atoms with Gasteiger partial charge in [-0.25, -0.2) is 0 Å². The molecule has 2 rings (SSSR count). The van der Waals surface area contributed by atoms with Crippen molar-refractivity contribution in [2.75, 3.05) is 26.7 Å². The molecule has 6 heteroatoms. The standard InChI is InChI=1S/C21H30N2O4/c1-16(2)23(15-20(25)27-3)21(26)18-11-13-22(14-12-18)19(24)10-9-17-7-5-4-6-8-17/h4-8,16,18H,9-15H2,1-3H3. The number of ether oxygens (including phenoxy) is 1. The molecule has 0 aromatic heterocycles. The van der Waals surface area contributed by atoms with Gasteiger partial charge in [-0.2, -0.15) is 0 Å². The number of likely N-dealkylation sites (tertiary alicyclic amines) is 1. The number of rotatable bonds is 7. The second-order valence-electron chi connectivity index (χ2n) is 7.28. The van der Waals surface area contributed by atoms with Crippen LogP contribution in [0.15, 0.2) is 30.3 Å². The minimum Gasteiger partial charge on any atom is -0.468 e. The summed E-state index contributed by atoms with van der Waals surface area (Å²) in [4.78, 5) is 40.2. The lowest BCUT2D eigenvalue weighted by molar-refractivity contribution is -0.151. The molecule has 0 atom stereocenters. The van der Waals surface area contributed by atoms with Crippen LogP contribution in [0.1, 0.15) is 38.7 Å². The molecule has 1 aliphatic heterocycles. The molecule has 1 aliphatic rings. The predicted molar refractivity (Wildman–Crippen MR) is 103 cm³/mol. The minimum atomic E-state index is -0.412. The van der Waals surface area contributed by atoms with Gasteiger partial charge < -0.3 is 14.5 Å². The van der Waals surface area contributed by atoms with E-state index in [0.717, 1.165) is 12.0 Å². The van der Waals surface area contributed by atoms with Crippen LogP contribution in [0.2, 0.25) is 0 Å². The van der Waals surface area contributed by atoms with Crippen LogP contribution in [0.5, 0.6) is 0 Å². The van der Waals surface area contributed by atoms with E-state index in [1.165, 1.54) is 7.11 Å². The molecule has 148 valence electrons. The van der Waals surface area contributed by atoms with Crippen LogP contribution in [0.3, 0.4) is 0 Å². The lowest BCUT2D eigenvalue weighted by Crippen LogP contribution is -2.48. The zero-order chi connectivity index (χ0) is 19.8. The molecule has 0 saturated carbocycles. The van der Waals surface area contributed by atoms with E-state index in [9.17, 15) is 14.4 Å². The molecular weight excluding hydrogens is 344 g/mol. The lowest BCUT2D eigenvalue weighted by atomic mass is 9.94. The third kappa shape index (κ3) is 6.08. The summed E-state index contributed by atoms with van der Waals surface area (Å²) in [5, 5.41) is 0. The zero-order valence-electron chi connectivity index (χ0n) is 16.5. The van der Waals surface area contributed by atoms with Gasteiger partial charge in [0.15, 0.2) is 0 Å². The maximum atomic E-state index is 12.8. The molecule has 0 bridgehead atoms. The maximum absolute atomic E-state index is 12.8. The van der Waals surface area contributed by atoms with Crippen LogP contribution in [-0.4, -0.2) is 60.4 Å². The van der Waals surface area contributed by atoms with E-state index < -0.39 is 5.97 Å². The van der Waals surface area contributed by atoms with Gasteiger partial charge in [0.05, 0.1) is 7.11 Å². The van der Waals surface area contributed by atoms with E-state index in [0.29, 0.717) is 32.4 Å². The van der Waals surface area contributed by atoms with Gasteiger partial charge in [-0.3, -0.25) is 14.4 Å². The Bertz CT molecular complexity index is 637. The first-order valence-electron chi connectivity index (χ1n) is 9.61. The normalized spacial score (nSPS) is 14.9. The Kier molecular flexibility index (Phi) is 7.82. The number of methoxy groups -OCH3 is 1. The zero-order valence-corrected chi connectivity index (χ0v) is 16.5.